The van der Waals surface area contributed by atoms with Crippen LogP contribution in [0.1, 0.15) is 194 Å². The molecule has 0 saturated carbocycles. The van der Waals surface area contributed by atoms with Crippen LogP contribution in [0.4, 0.5) is 0 Å². The van der Waals surface area contributed by atoms with Crippen molar-refractivity contribution in [2.75, 3.05) is 26.4 Å². The minimum atomic E-state index is -1.76. The summed E-state index contributed by atoms with van der Waals surface area (Å²) in [6.07, 6.45) is 18.2. The lowest BCUT2D eigenvalue weighted by Crippen LogP contribution is -2.61. The number of esters is 2. The molecule has 2 rings (SSSR count). The zero-order valence-corrected chi connectivity index (χ0v) is 39.5. The van der Waals surface area contributed by atoms with Gasteiger partial charge < -0.3 is 64.2 Å². The normalized spacial score (nSPS) is 26.6. The van der Waals surface area contributed by atoms with Crippen LogP contribution in [0, 0.1) is 0 Å². The van der Waals surface area contributed by atoms with Crippen molar-refractivity contribution < 1.29 is 73.8 Å². The number of carbonyl (C=O) groups is 2. The lowest BCUT2D eigenvalue weighted by molar-refractivity contribution is -0.332. The fraction of sp³-hybridized carbons (Fsp3) is 0.918. The maximum Gasteiger partial charge on any atom is 0.306 e. The van der Waals surface area contributed by atoms with E-state index >= 15 is 0 Å². The number of hydrogen-bond acceptors (Lipinski definition) is 15. The number of ether oxygens (including phenoxy) is 6. The lowest BCUT2D eigenvalue weighted by atomic mass is 9.98. The van der Waals surface area contributed by atoms with Crippen molar-refractivity contribution in [3.05, 3.63) is 12.2 Å². The molecule has 0 bridgehead atoms. The van der Waals surface area contributed by atoms with Gasteiger partial charge in [-0.25, -0.2) is 0 Å². The monoisotopic (exact) mass is 919 g/mol. The average Bonchev–Trinajstić information content (AvgIpc) is 3.29. The maximum atomic E-state index is 13.0. The summed E-state index contributed by atoms with van der Waals surface area (Å²) >= 11 is 0. The van der Waals surface area contributed by atoms with Gasteiger partial charge in [-0.2, -0.15) is 0 Å². The zero-order valence-electron chi connectivity index (χ0n) is 39.5. The Balaban J connectivity index is 1.82. The van der Waals surface area contributed by atoms with E-state index in [0.29, 0.717) is 12.8 Å². The molecule has 4 unspecified atom stereocenters. The number of aliphatic hydroxyl groups excluding tert-OH is 7. The molecule has 0 aromatic heterocycles. The number of hydrogen-bond donors (Lipinski definition) is 7. The molecule has 15 heteroatoms. The zero-order chi connectivity index (χ0) is 46.8. The fourth-order valence-corrected chi connectivity index (χ4v) is 8.04. The van der Waals surface area contributed by atoms with E-state index in [1.807, 2.05) is 0 Å². The second-order valence-electron chi connectivity index (χ2n) is 18.0. The Kier molecular flexibility index (Phi) is 34.0. The minimum Gasteiger partial charge on any atom is -0.462 e. The topological polar surface area (TPSA) is 231 Å². The molecule has 7 N–H and O–H groups in total. The van der Waals surface area contributed by atoms with Gasteiger partial charge in [0, 0.05) is 12.8 Å². The predicted molar refractivity (Wildman–Crippen MR) is 243 cm³/mol. The van der Waals surface area contributed by atoms with Crippen molar-refractivity contribution in [3.8, 4) is 0 Å². The van der Waals surface area contributed by atoms with E-state index < -0.39 is 92.7 Å². The van der Waals surface area contributed by atoms with Gasteiger partial charge in [0.2, 0.25) is 0 Å². The smallest absolute Gasteiger partial charge is 0.306 e. The van der Waals surface area contributed by atoms with Gasteiger partial charge in [-0.05, 0) is 38.5 Å². The van der Waals surface area contributed by atoms with E-state index in [4.69, 9.17) is 28.4 Å². The molecular weight excluding hydrogens is 829 g/mol. The first-order chi connectivity index (χ1) is 31.0. The van der Waals surface area contributed by atoms with Crippen molar-refractivity contribution in [1.82, 2.24) is 0 Å². The van der Waals surface area contributed by atoms with Crippen LogP contribution in [0.5, 0.6) is 0 Å². The largest absolute Gasteiger partial charge is 0.462 e. The van der Waals surface area contributed by atoms with Gasteiger partial charge in [-0.3, -0.25) is 9.59 Å². The van der Waals surface area contributed by atoms with E-state index in [-0.39, 0.29) is 26.1 Å². The first-order valence-corrected chi connectivity index (χ1v) is 25.3. The Hall–Kier alpha value is -1.76. The van der Waals surface area contributed by atoms with Crippen LogP contribution in [0.3, 0.4) is 0 Å². The third-order valence-corrected chi connectivity index (χ3v) is 12.2. The van der Waals surface area contributed by atoms with Crippen LogP contribution in [0.15, 0.2) is 12.2 Å². The maximum absolute atomic E-state index is 13.0. The van der Waals surface area contributed by atoms with Crippen LogP contribution in [-0.4, -0.2) is 142 Å². The second-order valence-corrected chi connectivity index (χ2v) is 18.0. The van der Waals surface area contributed by atoms with Crippen LogP contribution >= 0.6 is 0 Å². The standard InChI is InChI=1S/C49H90O15/c1-3-5-7-9-11-13-15-17-18-20-21-23-25-27-29-31-40(51)59-34-37(62-41(52)32-30-28-26-24-22-19-16-14-12-10-8-6-4-2)35-60-48-47(58)45(56)43(54)39(64-48)36-61-49-46(57)44(55)42(53)38(33-50)63-49/h21,23,37-39,42-50,53-58H,3-20,22,24-36H2,1-2H3/b23-21+/t37-,38-,39-,42+,43+,44?,45?,46?,47?,48-,49-/m1/s1. The number of rotatable bonds is 39. The summed E-state index contributed by atoms with van der Waals surface area (Å²) in [5.41, 5.74) is 0. The van der Waals surface area contributed by atoms with Crippen molar-refractivity contribution in [1.29, 1.82) is 0 Å². The number of unbranched alkanes of at least 4 members (excludes halogenated alkanes) is 23. The third kappa shape index (κ3) is 25.4. The summed E-state index contributed by atoms with van der Waals surface area (Å²) < 4.78 is 33.5. The van der Waals surface area contributed by atoms with E-state index in [1.54, 1.807) is 0 Å². The summed E-state index contributed by atoms with van der Waals surface area (Å²) in [6.45, 7) is 2.58. The Labute approximate surface area is 384 Å². The van der Waals surface area contributed by atoms with Gasteiger partial charge >= 0.3 is 11.9 Å². The molecule has 0 aromatic rings. The highest BCUT2D eigenvalue weighted by molar-refractivity contribution is 5.70. The summed E-state index contributed by atoms with van der Waals surface area (Å²) in [5, 5.41) is 72.0. The molecular formula is C49H90O15. The van der Waals surface area contributed by atoms with Gasteiger partial charge in [0.05, 0.1) is 19.8 Å². The highest BCUT2D eigenvalue weighted by atomic mass is 16.7. The van der Waals surface area contributed by atoms with Gasteiger partial charge in [-0.1, -0.05) is 154 Å². The molecule has 0 amide bonds. The Morgan fingerprint density at radius 1 is 0.484 bits per heavy atom. The lowest BCUT2D eigenvalue weighted by Gasteiger charge is -2.42. The first kappa shape index (κ1) is 58.4. The van der Waals surface area contributed by atoms with Crippen LogP contribution in [0.25, 0.3) is 0 Å². The van der Waals surface area contributed by atoms with Crippen LogP contribution in [-0.2, 0) is 38.0 Å². The van der Waals surface area contributed by atoms with Crippen molar-refractivity contribution in [3.63, 3.8) is 0 Å². The predicted octanol–water partition coefficient (Wildman–Crippen LogP) is 6.60. The molecule has 2 aliphatic rings. The molecule has 2 heterocycles. The van der Waals surface area contributed by atoms with E-state index in [9.17, 15) is 45.3 Å². The van der Waals surface area contributed by atoms with Gasteiger partial charge in [0.25, 0.3) is 0 Å². The number of aliphatic hydroxyl groups is 7. The Bertz CT molecular complexity index is 1170. The quantitative estimate of drug-likeness (QED) is 0.0196. The van der Waals surface area contributed by atoms with Crippen LogP contribution in [0.2, 0.25) is 0 Å². The van der Waals surface area contributed by atoms with Gasteiger partial charge in [0.1, 0.15) is 55.4 Å². The molecule has 64 heavy (non-hydrogen) atoms. The van der Waals surface area contributed by atoms with Gasteiger partial charge in [0.15, 0.2) is 18.7 Å². The highest BCUT2D eigenvalue weighted by Crippen LogP contribution is 2.26. The summed E-state index contributed by atoms with van der Waals surface area (Å²) in [4.78, 5) is 25.7. The average molecular weight is 919 g/mol. The molecule has 376 valence electrons. The Morgan fingerprint density at radius 3 is 1.41 bits per heavy atom. The molecule has 0 radical (unpaired) electrons. The van der Waals surface area contributed by atoms with Crippen LogP contribution < -0.4 is 0 Å². The SMILES string of the molecule is CCCCCCCCCCC/C=C/CCCCC(=O)OC[C@H](CO[C@@H]1O[C@H](CO[C@@H]2O[C@H](CO)[C@H](O)C(O)C2O)[C@H](O)C(O)C1O)OC(=O)CCCCCCCCCCCCCCC. The van der Waals surface area contributed by atoms with Gasteiger partial charge in [-0.15, -0.1) is 0 Å². The van der Waals surface area contributed by atoms with E-state index in [1.165, 1.54) is 116 Å². The van der Waals surface area contributed by atoms with E-state index in [2.05, 4.69) is 26.0 Å². The fourth-order valence-electron chi connectivity index (χ4n) is 8.04. The van der Waals surface area contributed by atoms with Crippen molar-refractivity contribution in [2.45, 2.75) is 261 Å². The molecule has 2 aliphatic heterocycles. The number of carbonyl (C=O) groups excluding carboxylic acids is 2. The molecule has 2 saturated heterocycles. The van der Waals surface area contributed by atoms with E-state index in [0.717, 1.165) is 38.5 Å². The second kappa shape index (κ2) is 37.2. The number of allylic oxidation sites excluding steroid dienone is 2. The summed E-state index contributed by atoms with van der Waals surface area (Å²) in [5.74, 6) is -0.942. The minimum absolute atomic E-state index is 0.166. The van der Waals surface area contributed by atoms with Crippen molar-refractivity contribution >= 4 is 11.9 Å². The summed E-state index contributed by atoms with van der Waals surface area (Å²) in [7, 11) is 0. The molecule has 0 aromatic carbocycles. The highest BCUT2D eigenvalue weighted by Gasteiger charge is 2.47. The molecule has 11 atom stereocenters. The Morgan fingerprint density at radius 2 is 0.891 bits per heavy atom. The molecule has 15 nitrogen and oxygen atoms in total. The summed E-state index contributed by atoms with van der Waals surface area (Å²) in [6, 6.07) is 0. The molecule has 0 aliphatic carbocycles. The first-order valence-electron chi connectivity index (χ1n) is 25.3. The third-order valence-electron chi connectivity index (χ3n) is 12.2. The molecule has 2 fully saturated rings. The molecule has 0 spiro atoms. The van der Waals surface area contributed by atoms with Crippen molar-refractivity contribution in [2.24, 2.45) is 0 Å².